The molecule has 2 fully saturated rings. The molecule has 0 aliphatic carbocycles. The Kier molecular flexibility index (Phi) is 3.91. The third kappa shape index (κ3) is 2.56. The van der Waals surface area contributed by atoms with Crippen LogP contribution in [0.15, 0.2) is 42.5 Å². The third-order valence-corrected chi connectivity index (χ3v) is 6.40. The molecular formula is C21H21FN4O3. The van der Waals surface area contributed by atoms with Crippen molar-refractivity contribution >= 4 is 17.6 Å². The lowest BCUT2D eigenvalue weighted by Gasteiger charge is -2.36. The summed E-state index contributed by atoms with van der Waals surface area (Å²) in [6.07, 6.45) is 0.869. The van der Waals surface area contributed by atoms with Gasteiger partial charge in [-0.2, -0.15) is 0 Å². The highest BCUT2D eigenvalue weighted by molar-refractivity contribution is 6.10. The van der Waals surface area contributed by atoms with E-state index >= 15 is 0 Å². The maximum absolute atomic E-state index is 13.5. The smallest absolute Gasteiger partial charge is 0.340 e. The molecule has 8 heteroatoms. The topological polar surface area (TPSA) is 84.9 Å². The van der Waals surface area contributed by atoms with Gasteiger partial charge in [0, 0.05) is 30.7 Å². The van der Waals surface area contributed by atoms with Gasteiger partial charge in [0.15, 0.2) is 0 Å². The first kappa shape index (κ1) is 18.1. The van der Waals surface area contributed by atoms with E-state index in [1.807, 2.05) is 13.1 Å². The Morgan fingerprint density at radius 3 is 2.45 bits per heavy atom. The van der Waals surface area contributed by atoms with Crippen LogP contribution in [0.5, 0.6) is 0 Å². The Hall–Kier alpha value is -2.97. The van der Waals surface area contributed by atoms with Gasteiger partial charge in [-0.1, -0.05) is 18.2 Å². The normalized spacial score (nSPS) is 27.7. The highest BCUT2D eigenvalue weighted by atomic mass is 19.1. The zero-order chi connectivity index (χ0) is 20.3. The highest BCUT2D eigenvalue weighted by Gasteiger charge is 2.58. The second-order valence-electron chi connectivity index (χ2n) is 8.01. The van der Waals surface area contributed by atoms with E-state index in [4.69, 9.17) is 0 Å². The van der Waals surface area contributed by atoms with Crippen LogP contribution in [0.2, 0.25) is 0 Å². The molecule has 1 unspecified atom stereocenters. The lowest BCUT2D eigenvalue weighted by atomic mass is 9.87. The summed E-state index contributed by atoms with van der Waals surface area (Å²) in [5.41, 5.74) is 6.11. The molecule has 3 N–H and O–H groups in total. The van der Waals surface area contributed by atoms with Crippen LogP contribution in [-0.4, -0.2) is 59.0 Å². The number of carbonyl (C=O) groups is 2. The minimum Gasteiger partial charge on any atom is -0.479 e. The van der Waals surface area contributed by atoms with E-state index in [-0.39, 0.29) is 17.9 Å². The number of nitrogens with one attached hydrogen (secondary N) is 2. The number of fused-ring (bicyclic) bond motifs is 3. The van der Waals surface area contributed by atoms with Crippen LogP contribution in [0.3, 0.4) is 0 Å². The predicted molar refractivity (Wildman–Crippen MR) is 104 cm³/mol. The number of hydrogen-bond acceptors (Lipinski definition) is 5. The van der Waals surface area contributed by atoms with Crippen LogP contribution >= 0.6 is 0 Å². The molecule has 2 bridgehead atoms. The number of rotatable bonds is 3. The molecular weight excluding hydrogens is 375 g/mol. The maximum Gasteiger partial charge on any atom is 0.340 e. The maximum atomic E-state index is 13.5. The standard InChI is InChI=1S/C21H21FN4O3/c1-25-10-16-9-15(25)11-26(16)19(27)21(20(28)29)17-8-13(4-7-18(17)23-24-21)12-2-5-14(22)6-3-12/h2-8,15-16,23-24H,9-11H2,1H3,(H,28,29)/t15-,16-,21?/m0/s1. The molecule has 2 aromatic rings. The minimum absolute atomic E-state index is 0.0276. The van der Waals surface area contributed by atoms with E-state index < -0.39 is 17.4 Å². The van der Waals surface area contributed by atoms with Crippen LogP contribution in [0.4, 0.5) is 10.1 Å². The van der Waals surface area contributed by atoms with Crippen LogP contribution in [0, 0.1) is 5.82 Å². The number of hydrogen-bond donors (Lipinski definition) is 3. The summed E-state index contributed by atoms with van der Waals surface area (Å²) in [5, 5.41) is 10.2. The number of hydrazine groups is 1. The van der Waals surface area contributed by atoms with Crippen molar-refractivity contribution in [2.24, 2.45) is 0 Å². The number of likely N-dealkylation sites (N-methyl/N-ethyl adjacent to an activating group) is 1. The summed E-state index contributed by atoms with van der Waals surface area (Å²) in [6, 6.07) is 11.5. The number of amides is 1. The molecule has 0 radical (unpaired) electrons. The Balaban J connectivity index is 1.56. The number of carboxylic acid groups (broad SMARTS) is 1. The number of nitrogens with zero attached hydrogens (tertiary/aromatic N) is 2. The van der Waals surface area contributed by atoms with Crippen LogP contribution in [0.25, 0.3) is 11.1 Å². The van der Waals surface area contributed by atoms with Gasteiger partial charge in [0.25, 0.3) is 5.91 Å². The molecule has 3 aliphatic rings. The number of anilines is 1. The Morgan fingerprint density at radius 2 is 1.83 bits per heavy atom. The molecule has 0 spiro atoms. The summed E-state index contributed by atoms with van der Waals surface area (Å²) < 4.78 is 13.3. The van der Waals surface area contributed by atoms with Crippen LogP contribution in [0.1, 0.15) is 12.0 Å². The molecule has 2 aromatic carbocycles. The van der Waals surface area contributed by atoms with Gasteiger partial charge in [-0.15, -0.1) is 0 Å². The molecule has 1 amide bonds. The van der Waals surface area contributed by atoms with Crippen molar-refractivity contribution in [2.75, 3.05) is 25.6 Å². The van der Waals surface area contributed by atoms with Crippen molar-refractivity contribution in [1.29, 1.82) is 0 Å². The molecule has 3 heterocycles. The lowest BCUT2D eigenvalue weighted by Crippen LogP contribution is -2.61. The van der Waals surface area contributed by atoms with E-state index in [1.54, 1.807) is 29.2 Å². The first-order valence-electron chi connectivity index (χ1n) is 9.58. The molecule has 0 aromatic heterocycles. The van der Waals surface area contributed by atoms with Gasteiger partial charge in [0.05, 0.1) is 5.69 Å². The van der Waals surface area contributed by atoms with Gasteiger partial charge in [0.1, 0.15) is 5.82 Å². The third-order valence-electron chi connectivity index (χ3n) is 6.40. The molecule has 7 nitrogen and oxygen atoms in total. The fourth-order valence-corrected chi connectivity index (χ4v) is 4.77. The number of carbonyl (C=O) groups excluding carboxylic acids is 1. The Bertz CT molecular complexity index is 1010. The fraction of sp³-hybridized carbons (Fsp3) is 0.333. The van der Waals surface area contributed by atoms with Gasteiger partial charge in [-0.05, 0) is 48.9 Å². The van der Waals surface area contributed by atoms with Crippen molar-refractivity contribution in [2.45, 2.75) is 24.0 Å². The monoisotopic (exact) mass is 396 g/mol. The van der Waals surface area contributed by atoms with E-state index in [1.165, 1.54) is 12.1 Å². The quantitative estimate of drug-likeness (QED) is 0.684. The van der Waals surface area contributed by atoms with Crippen LogP contribution in [-0.2, 0) is 15.1 Å². The summed E-state index contributed by atoms with van der Waals surface area (Å²) >= 11 is 0. The first-order chi connectivity index (χ1) is 13.9. The molecule has 5 rings (SSSR count). The van der Waals surface area contributed by atoms with Crippen molar-refractivity contribution < 1.29 is 19.1 Å². The van der Waals surface area contributed by atoms with Crippen molar-refractivity contribution in [3.63, 3.8) is 0 Å². The summed E-state index contributed by atoms with van der Waals surface area (Å²) in [7, 11) is 2.03. The zero-order valence-electron chi connectivity index (χ0n) is 15.9. The minimum atomic E-state index is -1.89. The van der Waals surface area contributed by atoms with E-state index in [0.29, 0.717) is 17.8 Å². The molecule has 150 valence electrons. The number of likely N-dealkylation sites (tertiary alicyclic amines) is 2. The molecule has 0 saturated carbocycles. The second kappa shape index (κ2) is 6.27. The average Bonchev–Trinajstić information content (AvgIpc) is 3.39. The van der Waals surface area contributed by atoms with Gasteiger partial charge >= 0.3 is 5.97 Å². The number of halogens is 1. The number of aliphatic carboxylic acids is 1. The Labute approximate surface area is 167 Å². The summed E-state index contributed by atoms with van der Waals surface area (Å²) in [5.74, 6) is -2.04. The predicted octanol–water partition coefficient (Wildman–Crippen LogP) is 1.62. The van der Waals surface area contributed by atoms with E-state index in [9.17, 15) is 19.1 Å². The SMILES string of the molecule is CN1C[C@@H]2C[C@H]1CN2C(=O)C1(C(=O)O)NNc2ccc(-c3ccc(F)cc3)cc21. The highest BCUT2D eigenvalue weighted by Crippen LogP contribution is 2.41. The Morgan fingerprint density at radius 1 is 1.10 bits per heavy atom. The number of benzene rings is 2. The molecule has 29 heavy (non-hydrogen) atoms. The van der Waals surface area contributed by atoms with Gasteiger partial charge in [-0.25, -0.2) is 14.6 Å². The zero-order valence-corrected chi connectivity index (χ0v) is 15.9. The number of piperazine rings is 1. The average molecular weight is 396 g/mol. The largest absolute Gasteiger partial charge is 0.479 e. The van der Waals surface area contributed by atoms with E-state index in [0.717, 1.165) is 24.1 Å². The second-order valence-corrected chi connectivity index (χ2v) is 8.01. The lowest BCUT2D eigenvalue weighted by molar-refractivity contribution is -0.156. The summed E-state index contributed by atoms with van der Waals surface area (Å²) in [4.78, 5) is 29.9. The van der Waals surface area contributed by atoms with Crippen molar-refractivity contribution in [1.82, 2.24) is 15.2 Å². The van der Waals surface area contributed by atoms with Gasteiger partial charge in [0.2, 0.25) is 5.54 Å². The molecule has 3 atom stereocenters. The fourth-order valence-electron chi connectivity index (χ4n) is 4.77. The van der Waals surface area contributed by atoms with Crippen molar-refractivity contribution in [3.05, 3.63) is 53.8 Å². The summed E-state index contributed by atoms with van der Waals surface area (Å²) in [6.45, 7) is 1.28. The van der Waals surface area contributed by atoms with Gasteiger partial charge in [-0.3, -0.25) is 9.69 Å². The van der Waals surface area contributed by atoms with E-state index in [2.05, 4.69) is 15.8 Å². The number of carboxylic acids is 1. The molecule has 3 aliphatic heterocycles. The van der Waals surface area contributed by atoms with Crippen molar-refractivity contribution in [3.8, 4) is 11.1 Å². The van der Waals surface area contributed by atoms with Gasteiger partial charge < -0.3 is 15.4 Å². The first-order valence-corrected chi connectivity index (χ1v) is 9.58. The van der Waals surface area contributed by atoms with Crippen LogP contribution < -0.4 is 10.9 Å². The molecule has 2 saturated heterocycles.